The Kier molecular flexibility index (Phi) is 7.58. The SMILES string of the molecule is N=C(COc1ccc(COc2ccc(COCC(=O)O)cc2)cc1)c1ccccc1. The summed E-state index contributed by atoms with van der Waals surface area (Å²) in [6.45, 7) is 0.554. The van der Waals surface area contributed by atoms with Gasteiger partial charge in [-0.2, -0.15) is 0 Å². The van der Waals surface area contributed by atoms with Gasteiger partial charge < -0.3 is 24.7 Å². The molecule has 0 spiro atoms. The predicted octanol–water partition coefficient (Wildman–Crippen LogP) is 4.31. The molecule has 0 atom stereocenters. The summed E-state index contributed by atoms with van der Waals surface area (Å²) in [4.78, 5) is 10.4. The Balaban J connectivity index is 1.43. The molecule has 0 heterocycles. The third kappa shape index (κ3) is 6.76. The maximum absolute atomic E-state index is 10.4. The van der Waals surface area contributed by atoms with E-state index in [1.807, 2.05) is 78.9 Å². The first kappa shape index (κ1) is 21.1. The molecule has 0 aliphatic heterocycles. The average Bonchev–Trinajstić information content (AvgIpc) is 2.78. The maximum atomic E-state index is 10.4. The van der Waals surface area contributed by atoms with Gasteiger partial charge in [-0.25, -0.2) is 4.79 Å². The van der Waals surface area contributed by atoms with E-state index >= 15 is 0 Å². The van der Waals surface area contributed by atoms with Crippen LogP contribution in [-0.4, -0.2) is 30.0 Å². The third-order valence-corrected chi connectivity index (χ3v) is 4.25. The van der Waals surface area contributed by atoms with Crippen LogP contribution in [0.2, 0.25) is 0 Å². The number of carboxylic acid groups (broad SMARTS) is 1. The van der Waals surface area contributed by atoms with Gasteiger partial charge in [0.2, 0.25) is 0 Å². The minimum atomic E-state index is -0.985. The van der Waals surface area contributed by atoms with Gasteiger partial charge >= 0.3 is 5.97 Å². The van der Waals surface area contributed by atoms with Crippen molar-refractivity contribution in [3.63, 3.8) is 0 Å². The van der Waals surface area contributed by atoms with Gasteiger partial charge in [0.1, 0.15) is 31.3 Å². The van der Waals surface area contributed by atoms with Crippen molar-refractivity contribution in [3.8, 4) is 11.5 Å². The molecule has 6 heteroatoms. The largest absolute Gasteiger partial charge is 0.489 e. The highest BCUT2D eigenvalue weighted by Gasteiger charge is 2.03. The average molecular weight is 405 g/mol. The summed E-state index contributed by atoms with van der Waals surface area (Å²) in [7, 11) is 0. The zero-order valence-corrected chi connectivity index (χ0v) is 16.4. The summed E-state index contributed by atoms with van der Waals surface area (Å²) in [6, 6.07) is 24.4. The highest BCUT2D eigenvalue weighted by molar-refractivity contribution is 5.99. The second kappa shape index (κ2) is 10.8. The molecule has 3 aromatic carbocycles. The van der Waals surface area contributed by atoms with Gasteiger partial charge in [-0.05, 0) is 41.0 Å². The molecule has 0 fully saturated rings. The summed E-state index contributed by atoms with van der Waals surface area (Å²) >= 11 is 0. The van der Waals surface area contributed by atoms with E-state index in [2.05, 4.69) is 0 Å². The number of aliphatic carboxylic acids is 1. The van der Waals surface area contributed by atoms with Crippen LogP contribution in [0.5, 0.6) is 11.5 Å². The Hall–Kier alpha value is -3.64. The summed E-state index contributed by atoms with van der Waals surface area (Å²) in [5.41, 5.74) is 3.15. The lowest BCUT2D eigenvalue weighted by molar-refractivity contribution is -0.142. The molecule has 0 aliphatic rings. The van der Waals surface area contributed by atoms with Gasteiger partial charge in [0.25, 0.3) is 0 Å². The molecule has 0 bridgehead atoms. The molecular weight excluding hydrogens is 382 g/mol. The molecule has 3 aromatic rings. The van der Waals surface area contributed by atoms with Crippen molar-refractivity contribution in [2.75, 3.05) is 13.2 Å². The lowest BCUT2D eigenvalue weighted by atomic mass is 10.1. The zero-order valence-electron chi connectivity index (χ0n) is 16.4. The van der Waals surface area contributed by atoms with Gasteiger partial charge in [0.05, 0.1) is 12.3 Å². The molecule has 0 unspecified atom stereocenters. The minimum Gasteiger partial charge on any atom is -0.489 e. The van der Waals surface area contributed by atoms with E-state index in [-0.39, 0.29) is 19.8 Å². The quantitative estimate of drug-likeness (QED) is 0.464. The predicted molar refractivity (Wildman–Crippen MR) is 113 cm³/mol. The Morgan fingerprint density at radius 2 is 1.30 bits per heavy atom. The molecule has 0 amide bonds. The minimum absolute atomic E-state index is 0.211. The molecule has 0 radical (unpaired) electrons. The van der Waals surface area contributed by atoms with E-state index in [0.717, 1.165) is 16.7 Å². The molecular formula is C24H23NO5. The zero-order chi connectivity index (χ0) is 21.2. The van der Waals surface area contributed by atoms with Crippen LogP contribution in [0.25, 0.3) is 0 Å². The molecule has 0 saturated carbocycles. The monoisotopic (exact) mass is 405 g/mol. The van der Waals surface area contributed by atoms with Crippen LogP contribution in [-0.2, 0) is 22.7 Å². The van der Waals surface area contributed by atoms with Crippen molar-refractivity contribution < 1.29 is 24.1 Å². The Bertz CT molecular complexity index is 953. The number of hydrogen-bond acceptors (Lipinski definition) is 5. The van der Waals surface area contributed by atoms with E-state index in [0.29, 0.717) is 23.8 Å². The van der Waals surface area contributed by atoms with Crippen molar-refractivity contribution in [1.82, 2.24) is 0 Å². The molecule has 3 rings (SSSR count). The molecule has 0 saturated heterocycles. The first-order valence-corrected chi connectivity index (χ1v) is 9.46. The molecule has 2 N–H and O–H groups in total. The van der Waals surface area contributed by atoms with Gasteiger partial charge in [0.15, 0.2) is 0 Å². The number of hydrogen-bond donors (Lipinski definition) is 2. The standard InChI is InChI=1S/C24H23NO5/c25-23(20-4-2-1-3-5-20)16-30-22-12-8-19(9-13-22)15-29-21-10-6-18(7-11-21)14-28-17-24(26)27/h1-13,25H,14-17H2,(H,26,27). The summed E-state index contributed by atoms with van der Waals surface area (Å²) in [5, 5.41) is 16.6. The Labute approximate surface area is 175 Å². The Morgan fingerprint density at radius 3 is 1.90 bits per heavy atom. The fraction of sp³-hybridized carbons (Fsp3) is 0.167. The van der Waals surface area contributed by atoms with Gasteiger partial charge in [0, 0.05) is 0 Å². The Morgan fingerprint density at radius 1 is 0.733 bits per heavy atom. The first-order valence-electron chi connectivity index (χ1n) is 9.46. The number of benzene rings is 3. The maximum Gasteiger partial charge on any atom is 0.329 e. The first-order chi connectivity index (χ1) is 14.6. The second-order valence-electron chi connectivity index (χ2n) is 6.60. The fourth-order valence-corrected chi connectivity index (χ4v) is 2.66. The fourth-order valence-electron chi connectivity index (χ4n) is 2.66. The van der Waals surface area contributed by atoms with E-state index in [4.69, 9.17) is 24.7 Å². The van der Waals surface area contributed by atoms with Gasteiger partial charge in [-0.1, -0.05) is 54.6 Å². The van der Waals surface area contributed by atoms with Gasteiger partial charge in [-0.15, -0.1) is 0 Å². The highest BCUT2D eigenvalue weighted by atomic mass is 16.5. The van der Waals surface area contributed by atoms with Crippen molar-refractivity contribution in [1.29, 1.82) is 5.41 Å². The summed E-state index contributed by atoms with van der Waals surface area (Å²) in [6.07, 6.45) is 0. The van der Waals surface area contributed by atoms with Crippen molar-refractivity contribution in [2.24, 2.45) is 0 Å². The molecule has 0 aromatic heterocycles. The van der Waals surface area contributed by atoms with Crippen LogP contribution in [0.3, 0.4) is 0 Å². The molecule has 6 nitrogen and oxygen atoms in total. The van der Waals surface area contributed by atoms with Crippen LogP contribution >= 0.6 is 0 Å². The van der Waals surface area contributed by atoms with Gasteiger partial charge in [-0.3, -0.25) is 0 Å². The number of carbonyl (C=O) groups is 1. The molecule has 154 valence electrons. The molecule has 30 heavy (non-hydrogen) atoms. The van der Waals surface area contributed by atoms with Crippen LogP contribution in [0.4, 0.5) is 0 Å². The highest BCUT2D eigenvalue weighted by Crippen LogP contribution is 2.17. The second-order valence-corrected chi connectivity index (χ2v) is 6.60. The van der Waals surface area contributed by atoms with E-state index in [9.17, 15) is 4.79 Å². The lowest BCUT2D eigenvalue weighted by Gasteiger charge is -2.10. The third-order valence-electron chi connectivity index (χ3n) is 4.25. The van der Waals surface area contributed by atoms with Crippen LogP contribution in [0, 0.1) is 5.41 Å². The van der Waals surface area contributed by atoms with Crippen molar-refractivity contribution >= 4 is 11.7 Å². The van der Waals surface area contributed by atoms with Crippen molar-refractivity contribution in [2.45, 2.75) is 13.2 Å². The normalized spacial score (nSPS) is 10.4. The number of rotatable bonds is 11. The van der Waals surface area contributed by atoms with E-state index in [1.54, 1.807) is 0 Å². The summed E-state index contributed by atoms with van der Waals surface area (Å²) < 4.78 is 16.5. The topological polar surface area (TPSA) is 88.8 Å². The van der Waals surface area contributed by atoms with Crippen LogP contribution < -0.4 is 9.47 Å². The van der Waals surface area contributed by atoms with E-state index < -0.39 is 5.97 Å². The van der Waals surface area contributed by atoms with E-state index in [1.165, 1.54) is 0 Å². The molecule has 0 aliphatic carbocycles. The van der Waals surface area contributed by atoms with Crippen molar-refractivity contribution in [3.05, 3.63) is 95.6 Å². The smallest absolute Gasteiger partial charge is 0.329 e. The summed E-state index contributed by atoms with van der Waals surface area (Å²) in [5.74, 6) is 0.430. The number of nitrogens with one attached hydrogen (secondary N) is 1. The number of carboxylic acids is 1. The van der Waals surface area contributed by atoms with Crippen LogP contribution in [0.15, 0.2) is 78.9 Å². The lowest BCUT2D eigenvalue weighted by Crippen LogP contribution is -2.11. The van der Waals surface area contributed by atoms with Crippen LogP contribution in [0.1, 0.15) is 16.7 Å². The number of ether oxygens (including phenoxy) is 3.